The number of amides is 2. The van der Waals surface area contributed by atoms with E-state index in [1.54, 1.807) is 37.2 Å². The number of hydrogen-bond acceptors (Lipinski definition) is 4. The maximum absolute atomic E-state index is 12.0. The molecular weight excluding hydrogens is 308 g/mol. The van der Waals surface area contributed by atoms with Gasteiger partial charge in [0, 0.05) is 26.1 Å². The fourth-order valence-electron chi connectivity index (χ4n) is 1.96. The van der Waals surface area contributed by atoms with Gasteiger partial charge in [0.25, 0.3) is 5.91 Å². The average Bonchev–Trinajstić information content (AvgIpc) is 2.54. The molecule has 3 N–H and O–H groups in total. The molecule has 0 aliphatic carbocycles. The second kappa shape index (κ2) is 9.85. The van der Waals surface area contributed by atoms with Crippen molar-refractivity contribution in [3.8, 4) is 0 Å². The van der Waals surface area contributed by atoms with Gasteiger partial charge in [0.05, 0.1) is 6.04 Å². The predicted octanol–water partition coefficient (Wildman–Crippen LogP) is 1.39. The van der Waals surface area contributed by atoms with Crippen LogP contribution in [0.1, 0.15) is 42.1 Å². The number of nitrogens with one attached hydrogen (secondary N) is 1. The van der Waals surface area contributed by atoms with E-state index >= 15 is 0 Å². The number of rotatable bonds is 8. The third-order valence-electron chi connectivity index (χ3n) is 3.53. The summed E-state index contributed by atoms with van der Waals surface area (Å²) < 4.78 is 0. The van der Waals surface area contributed by atoms with Crippen LogP contribution < -0.4 is 5.32 Å². The van der Waals surface area contributed by atoms with Gasteiger partial charge in [-0.25, -0.2) is 0 Å². The summed E-state index contributed by atoms with van der Waals surface area (Å²) in [6, 6.07) is 6.30. The van der Waals surface area contributed by atoms with Crippen molar-refractivity contribution in [3.05, 3.63) is 41.5 Å². The number of aliphatic hydroxyl groups excluding tert-OH is 1. The van der Waals surface area contributed by atoms with E-state index in [0.29, 0.717) is 12.0 Å². The van der Waals surface area contributed by atoms with Crippen LogP contribution in [0.2, 0.25) is 0 Å². The molecule has 0 spiro atoms. The molecule has 0 radical (unpaired) electrons. The first-order valence-corrected chi connectivity index (χ1v) is 7.95. The van der Waals surface area contributed by atoms with Crippen LogP contribution in [-0.4, -0.2) is 53.4 Å². The molecule has 132 valence electrons. The zero-order valence-corrected chi connectivity index (χ0v) is 14.4. The molecule has 0 bridgehead atoms. The molecule has 1 atom stereocenters. The van der Waals surface area contributed by atoms with Crippen LogP contribution in [0.3, 0.4) is 0 Å². The first-order chi connectivity index (χ1) is 11.3. The molecule has 2 amide bonds. The maximum atomic E-state index is 12.0. The fourth-order valence-corrected chi connectivity index (χ4v) is 1.96. The fraction of sp³-hybridized carbons (Fsp3) is 0.444. The zero-order chi connectivity index (χ0) is 18.1. The summed E-state index contributed by atoms with van der Waals surface area (Å²) in [5.74, 6) is -0.246. The molecule has 24 heavy (non-hydrogen) atoms. The van der Waals surface area contributed by atoms with E-state index in [2.05, 4.69) is 5.32 Å². The molecule has 6 nitrogen and oxygen atoms in total. The average molecular weight is 334 g/mol. The van der Waals surface area contributed by atoms with Gasteiger partial charge >= 0.3 is 0 Å². The number of nitrogens with zero attached hydrogens (tertiary/aromatic N) is 1. The molecule has 1 rings (SSSR count). The second-order valence-corrected chi connectivity index (χ2v) is 5.88. The largest absolute Gasteiger partial charge is 0.366 e. The van der Waals surface area contributed by atoms with Crippen LogP contribution in [0, 0.1) is 0 Å². The number of benzene rings is 1. The summed E-state index contributed by atoms with van der Waals surface area (Å²) in [6.07, 6.45) is 4.35. The minimum atomic E-state index is -1.60. The van der Waals surface area contributed by atoms with Crippen LogP contribution in [-0.2, 0) is 4.79 Å². The Morgan fingerprint density at radius 3 is 2.62 bits per heavy atom. The topological polar surface area (TPSA) is 89.9 Å². The Labute approximate surface area is 142 Å². The van der Waals surface area contributed by atoms with E-state index in [0.717, 1.165) is 18.4 Å². The van der Waals surface area contributed by atoms with Crippen molar-refractivity contribution in [3.63, 3.8) is 0 Å². The number of carbonyl (C=O) groups is 2. The van der Waals surface area contributed by atoms with Gasteiger partial charge in [-0.05, 0) is 37.5 Å². The van der Waals surface area contributed by atoms with E-state index < -0.39 is 12.3 Å². The van der Waals surface area contributed by atoms with Gasteiger partial charge in [-0.1, -0.05) is 24.3 Å². The summed E-state index contributed by atoms with van der Waals surface area (Å²) >= 11 is 0. The molecule has 0 aliphatic heterocycles. The lowest BCUT2D eigenvalue weighted by Crippen LogP contribution is -2.40. The smallest absolute Gasteiger partial charge is 0.251 e. The molecule has 0 aromatic heterocycles. The van der Waals surface area contributed by atoms with Gasteiger partial charge in [-0.2, -0.15) is 0 Å². The van der Waals surface area contributed by atoms with Gasteiger partial charge in [-0.3, -0.25) is 9.59 Å². The predicted molar refractivity (Wildman–Crippen MR) is 93.2 cm³/mol. The van der Waals surface area contributed by atoms with E-state index in [4.69, 9.17) is 10.2 Å². The summed E-state index contributed by atoms with van der Waals surface area (Å²) in [5.41, 5.74) is 1.33. The summed E-state index contributed by atoms with van der Waals surface area (Å²) in [6.45, 7) is 1.52. The summed E-state index contributed by atoms with van der Waals surface area (Å²) in [4.78, 5) is 25.1. The SMILES string of the molecule is CC(NC(=O)c1cccc(/C=C\CCCC(=O)N(C)C)c1)C(O)O. The van der Waals surface area contributed by atoms with E-state index in [1.165, 1.54) is 6.92 Å². The van der Waals surface area contributed by atoms with Gasteiger partial charge in [-0.15, -0.1) is 0 Å². The number of unbranched alkanes of at least 4 members (excludes halogenated alkanes) is 1. The first-order valence-electron chi connectivity index (χ1n) is 7.95. The molecule has 0 saturated carbocycles. The van der Waals surface area contributed by atoms with Gasteiger partial charge < -0.3 is 20.4 Å². The lowest BCUT2D eigenvalue weighted by atomic mass is 10.1. The number of hydrogen-bond donors (Lipinski definition) is 3. The van der Waals surface area contributed by atoms with Gasteiger partial charge in [0.2, 0.25) is 5.91 Å². The highest BCUT2D eigenvalue weighted by molar-refractivity contribution is 5.94. The quantitative estimate of drug-likeness (QED) is 0.495. The second-order valence-electron chi connectivity index (χ2n) is 5.88. The normalized spacial score (nSPS) is 12.4. The maximum Gasteiger partial charge on any atom is 0.251 e. The number of carbonyl (C=O) groups excluding carboxylic acids is 2. The van der Waals surface area contributed by atoms with Crippen molar-refractivity contribution in [1.82, 2.24) is 10.2 Å². The Morgan fingerprint density at radius 1 is 1.29 bits per heavy atom. The highest BCUT2D eigenvalue weighted by Crippen LogP contribution is 2.09. The minimum Gasteiger partial charge on any atom is -0.366 e. The molecule has 0 fully saturated rings. The molecular formula is C18H26N2O4. The summed E-state index contributed by atoms with van der Waals surface area (Å²) in [7, 11) is 3.48. The highest BCUT2D eigenvalue weighted by atomic mass is 16.5. The van der Waals surface area contributed by atoms with E-state index in [-0.39, 0.29) is 11.8 Å². The van der Waals surface area contributed by atoms with Crippen LogP contribution in [0.25, 0.3) is 6.08 Å². The summed E-state index contributed by atoms with van der Waals surface area (Å²) in [5, 5.41) is 20.5. The zero-order valence-electron chi connectivity index (χ0n) is 14.4. The van der Waals surface area contributed by atoms with Crippen LogP contribution in [0.15, 0.2) is 30.3 Å². The molecule has 0 saturated heterocycles. The monoisotopic (exact) mass is 334 g/mol. The number of allylic oxidation sites excluding steroid dienone is 1. The minimum absolute atomic E-state index is 0.113. The molecule has 1 unspecified atom stereocenters. The van der Waals surface area contributed by atoms with Gasteiger partial charge in [0.15, 0.2) is 6.29 Å². The lowest BCUT2D eigenvalue weighted by Gasteiger charge is -2.15. The lowest BCUT2D eigenvalue weighted by molar-refractivity contribution is -0.128. The Kier molecular flexibility index (Phi) is 8.15. The first kappa shape index (κ1) is 19.9. The van der Waals surface area contributed by atoms with E-state index in [9.17, 15) is 9.59 Å². The molecule has 0 aliphatic rings. The van der Waals surface area contributed by atoms with E-state index in [1.807, 2.05) is 18.2 Å². The molecule has 6 heteroatoms. The highest BCUT2D eigenvalue weighted by Gasteiger charge is 2.14. The van der Waals surface area contributed by atoms with Gasteiger partial charge in [0.1, 0.15) is 0 Å². The molecule has 0 heterocycles. The van der Waals surface area contributed by atoms with Crippen molar-refractivity contribution in [2.75, 3.05) is 14.1 Å². The van der Waals surface area contributed by atoms with Crippen molar-refractivity contribution >= 4 is 17.9 Å². The Hall–Kier alpha value is -2.18. The van der Waals surface area contributed by atoms with Crippen molar-refractivity contribution < 1.29 is 19.8 Å². The standard InChI is InChI=1S/C18H26N2O4/c1-13(18(23)24)19-17(22)15-10-7-9-14(12-15)8-5-4-6-11-16(21)20(2)3/h5,7-10,12-13,18,23-24H,4,6,11H2,1-3H3,(H,19,22)/b8-5-. The Bertz CT molecular complexity index is 582. The third kappa shape index (κ3) is 6.93. The van der Waals surface area contributed by atoms with Crippen molar-refractivity contribution in [2.45, 2.75) is 38.5 Å². The van der Waals surface area contributed by atoms with Crippen LogP contribution >= 0.6 is 0 Å². The van der Waals surface area contributed by atoms with Crippen molar-refractivity contribution in [1.29, 1.82) is 0 Å². The van der Waals surface area contributed by atoms with Crippen LogP contribution in [0.5, 0.6) is 0 Å². The van der Waals surface area contributed by atoms with Crippen LogP contribution in [0.4, 0.5) is 0 Å². The molecule has 1 aromatic rings. The Balaban J connectivity index is 2.54. The third-order valence-corrected chi connectivity index (χ3v) is 3.53. The van der Waals surface area contributed by atoms with Crippen molar-refractivity contribution in [2.24, 2.45) is 0 Å². The Morgan fingerprint density at radius 2 is 2.00 bits per heavy atom. The number of aliphatic hydroxyl groups is 2. The molecule has 1 aromatic carbocycles.